The number of piperidine rings is 1. The van der Waals surface area contributed by atoms with Crippen molar-refractivity contribution in [2.45, 2.75) is 19.0 Å². The highest BCUT2D eigenvalue weighted by molar-refractivity contribution is 9.10. The highest BCUT2D eigenvalue weighted by Gasteiger charge is 2.41. The smallest absolute Gasteiger partial charge is 0.391 e. The lowest BCUT2D eigenvalue weighted by molar-refractivity contribution is -0.179. The van der Waals surface area contributed by atoms with Crippen LogP contribution in [0.15, 0.2) is 27.8 Å². The number of benzene rings is 1. The molecule has 0 radical (unpaired) electrons. The fourth-order valence-electron chi connectivity index (χ4n) is 2.53. The summed E-state index contributed by atoms with van der Waals surface area (Å²) in [5.74, 6) is -1.33. The van der Waals surface area contributed by atoms with E-state index >= 15 is 0 Å². The quantitative estimate of drug-likeness (QED) is 0.365. The SMILES string of the molecule is N/C(=N/O)c1c(Br)cccc1N1CCC(C(F)(F)F)CC1. The van der Waals surface area contributed by atoms with Gasteiger partial charge in [-0.25, -0.2) is 0 Å². The number of anilines is 1. The molecule has 0 atom stereocenters. The summed E-state index contributed by atoms with van der Waals surface area (Å²) in [5.41, 5.74) is 6.82. The normalized spacial score (nSPS) is 18.1. The summed E-state index contributed by atoms with van der Waals surface area (Å²) in [7, 11) is 0. The van der Waals surface area contributed by atoms with Crippen LogP contribution < -0.4 is 10.6 Å². The van der Waals surface area contributed by atoms with E-state index in [1.54, 1.807) is 18.2 Å². The summed E-state index contributed by atoms with van der Waals surface area (Å²) in [4.78, 5) is 1.83. The molecule has 3 N–H and O–H groups in total. The first-order chi connectivity index (χ1) is 9.84. The van der Waals surface area contributed by atoms with E-state index in [9.17, 15) is 13.2 Å². The Bertz CT molecular complexity index is 540. The van der Waals surface area contributed by atoms with Crippen LogP contribution in [0.4, 0.5) is 18.9 Å². The Morgan fingerprint density at radius 3 is 2.48 bits per heavy atom. The van der Waals surface area contributed by atoms with Gasteiger partial charge in [0, 0.05) is 23.2 Å². The van der Waals surface area contributed by atoms with E-state index in [4.69, 9.17) is 10.9 Å². The predicted octanol–water partition coefficient (Wildman–Crippen LogP) is 3.32. The van der Waals surface area contributed by atoms with Crippen molar-refractivity contribution < 1.29 is 18.4 Å². The zero-order chi connectivity index (χ0) is 15.6. The molecule has 0 saturated carbocycles. The lowest BCUT2D eigenvalue weighted by Gasteiger charge is -2.35. The van der Waals surface area contributed by atoms with Gasteiger partial charge in [-0.05, 0) is 40.9 Å². The lowest BCUT2D eigenvalue weighted by atomic mass is 9.95. The first kappa shape index (κ1) is 15.9. The third-order valence-electron chi connectivity index (χ3n) is 3.65. The fraction of sp³-hybridized carbons (Fsp3) is 0.462. The van der Waals surface area contributed by atoms with E-state index < -0.39 is 12.1 Å². The average molecular weight is 366 g/mol. The lowest BCUT2D eigenvalue weighted by Crippen LogP contribution is -2.39. The van der Waals surface area contributed by atoms with Crippen LogP contribution in [0.5, 0.6) is 0 Å². The number of nitrogens with two attached hydrogens (primary N) is 1. The van der Waals surface area contributed by atoms with Crippen molar-refractivity contribution >= 4 is 27.5 Å². The molecule has 1 aliphatic rings. The number of hydrogen-bond acceptors (Lipinski definition) is 3. The van der Waals surface area contributed by atoms with Gasteiger partial charge in [0.25, 0.3) is 0 Å². The maximum atomic E-state index is 12.7. The van der Waals surface area contributed by atoms with E-state index in [2.05, 4.69) is 21.1 Å². The van der Waals surface area contributed by atoms with Crippen molar-refractivity contribution in [1.82, 2.24) is 0 Å². The molecular weight excluding hydrogens is 351 g/mol. The average Bonchev–Trinajstić information content (AvgIpc) is 2.45. The van der Waals surface area contributed by atoms with E-state index in [1.165, 1.54) is 0 Å². The van der Waals surface area contributed by atoms with Crippen LogP contribution in [0.25, 0.3) is 0 Å². The van der Waals surface area contributed by atoms with E-state index in [1.807, 2.05) is 4.90 Å². The summed E-state index contributed by atoms with van der Waals surface area (Å²) >= 11 is 3.32. The van der Waals surface area contributed by atoms with Crippen molar-refractivity contribution in [3.63, 3.8) is 0 Å². The van der Waals surface area contributed by atoms with E-state index in [0.717, 1.165) is 0 Å². The van der Waals surface area contributed by atoms with Crippen LogP contribution in [0.1, 0.15) is 18.4 Å². The summed E-state index contributed by atoms with van der Waals surface area (Å²) in [6, 6.07) is 5.26. The van der Waals surface area contributed by atoms with Crippen molar-refractivity contribution in [2.75, 3.05) is 18.0 Å². The molecule has 1 aromatic carbocycles. The molecule has 0 aromatic heterocycles. The fourth-order valence-corrected chi connectivity index (χ4v) is 3.09. The standard InChI is InChI=1S/C13H15BrF3N3O/c14-9-2-1-3-10(11(9)12(18)19-21)20-6-4-8(5-7-20)13(15,16)17/h1-3,8,21H,4-7H2,(H2,18,19). The van der Waals surface area contributed by atoms with Crippen molar-refractivity contribution in [3.8, 4) is 0 Å². The molecule has 1 heterocycles. The first-order valence-electron chi connectivity index (χ1n) is 6.42. The van der Waals surface area contributed by atoms with Crippen LogP contribution in [-0.2, 0) is 0 Å². The van der Waals surface area contributed by atoms with Crippen LogP contribution in [0.3, 0.4) is 0 Å². The molecule has 1 aliphatic heterocycles. The Morgan fingerprint density at radius 2 is 1.95 bits per heavy atom. The van der Waals surface area contributed by atoms with Crippen LogP contribution >= 0.6 is 15.9 Å². The minimum atomic E-state index is -4.14. The molecule has 1 aromatic rings. The second-order valence-corrected chi connectivity index (χ2v) is 5.78. The molecule has 21 heavy (non-hydrogen) atoms. The van der Waals surface area contributed by atoms with Crippen LogP contribution in [0, 0.1) is 5.92 Å². The molecule has 0 amide bonds. The zero-order valence-corrected chi connectivity index (χ0v) is 12.7. The molecular formula is C13H15BrF3N3O. The molecule has 0 unspecified atom stereocenters. The minimum absolute atomic E-state index is 0.0472. The molecule has 0 spiro atoms. The highest BCUT2D eigenvalue weighted by atomic mass is 79.9. The summed E-state index contributed by atoms with van der Waals surface area (Å²) < 4.78 is 38.7. The van der Waals surface area contributed by atoms with Gasteiger partial charge < -0.3 is 15.8 Å². The third kappa shape index (κ3) is 3.42. The maximum Gasteiger partial charge on any atom is 0.391 e. The van der Waals surface area contributed by atoms with Gasteiger partial charge in [0.2, 0.25) is 0 Å². The molecule has 1 saturated heterocycles. The molecule has 0 aliphatic carbocycles. The molecule has 1 fully saturated rings. The monoisotopic (exact) mass is 365 g/mol. The topological polar surface area (TPSA) is 61.9 Å². The number of amidine groups is 1. The number of alkyl halides is 3. The molecule has 8 heteroatoms. The molecule has 116 valence electrons. The second kappa shape index (κ2) is 6.13. The number of halogens is 4. The number of oxime groups is 1. The number of rotatable bonds is 2. The Balaban J connectivity index is 2.23. The zero-order valence-electron chi connectivity index (χ0n) is 11.1. The molecule has 0 bridgehead atoms. The van der Waals surface area contributed by atoms with Gasteiger partial charge in [-0.2, -0.15) is 13.2 Å². The Kier molecular flexibility index (Phi) is 4.65. The van der Waals surface area contributed by atoms with E-state index in [0.29, 0.717) is 15.7 Å². The van der Waals surface area contributed by atoms with Crippen molar-refractivity contribution in [2.24, 2.45) is 16.8 Å². The van der Waals surface area contributed by atoms with Gasteiger partial charge in [0.1, 0.15) is 0 Å². The van der Waals surface area contributed by atoms with Crippen molar-refractivity contribution in [3.05, 3.63) is 28.2 Å². The van der Waals surface area contributed by atoms with Crippen LogP contribution in [-0.4, -0.2) is 30.3 Å². The number of nitrogens with zero attached hydrogens (tertiary/aromatic N) is 2. The van der Waals surface area contributed by atoms with Gasteiger partial charge >= 0.3 is 6.18 Å². The molecule has 4 nitrogen and oxygen atoms in total. The summed E-state index contributed by atoms with van der Waals surface area (Å²) in [6.07, 6.45) is -4.05. The Hall–Kier alpha value is -1.44. The minimum Gasteiger partial charge on any atom is -0.409 e. The van der Waals surface area contributed by atoms with Crippen molar-refractivity contribution in [1.29, 1.82) is 0 Å². The third-order valence-corrected chi connectivity index (χ3v) is 4.31. The second-order valence-electron chi connectivity index (χ2n) is 4.92. The maximum absolute atomic E-state index is 12.7. The Labute approximate surface area is 128 Å². The largest absolute Gasteiger partial charge is 0.409 e. The van der Waals surface area contributed by atoms with Gasteiger partial charge in [-0.15, -0.1) is 0 Å². The van der Waals surface area contributed by atoms with E-state index in [-0.39, 0.29) is 31.8 Å². The predicted molar refractivity (Wildman–Crippen MR) is 77.6 cm³/mol. The van der Waals surface area contributed by atoms with Crippen LogP contribution in [0.2, 0.25) is 0 Å². The Morgan fingerprint density at radius 1 is 1.33 bits per heavy atom. The van der Waals surface area contributed by atoms with Gasteiger partial charge in [0.05, 0.1) is 11.5 Å². The van der Waals surface area contributed by atoms with Gasteiger partial charge in [-0.1, -0.05) is 11.2 Å². The summed E-state index contributed by atoms with van der Waals surface area (Å²) in [6.45, 7) is 0.568. The molecule has 2 rings (SSSR count). The first-order valence-corrected chi connectivity index (χ1v) is 7.22. The summed E-state index contributed by atoms with van der Waals surface area (Å²) in [5, 5.41) is 11.8. The van der Waals surface area contributed by atoms with Gasteiger partial charge in [-0.3, -0.25) is 0 Å². The van der Waals surface area contributed by atoms with Gasteiger partial charge in [0.15, 0.2) is 5.84 Å². The number of hydrogen-bond donors (Lipinski definition) is 2. The highest BCUT2D eigenvalue weighted by Crippen LogP contribution is 2.37.